The van der Waals surface area contributed by atoms with Crippen molar-refractivity contribution >= 4 is 17.6 Å². The van der Waals surface area contributed by atoms with Crippen molar-refractivity contribution in [3.63, 3.8) is 0 Å². The van der Waals surface area contributed by atoms with E-state index in [4.69, 9.17) is 5.11 Å². The molecule has 0 saturated heterocycles. The number of carboxylic acids is 1. The number of benzene rings is 1. The van der Waals surface area contributed by atoms with Crippen LogP contribution in [-0.2, 0) is 9.59 Å². The number of hydrogen-bond acceptors (Lipinski definition) is 3. The molecule has 21 heavy (non-hydrogen) atoms. The summed E-state index contributed by atoms with van der Waals surface area (Å²) >= 11 is 0. The van der Waals surface area contributed by atoms with E-state index in [0.29, 0.717) is 19.4 Å². The van der Waals surface area contributed by atoms with Crippen LogP contribution >= 0.6 is 0 Å². The maximum absolute atomic E-state index is 11.8. The minimum Gasteiger partial charge on any atom is -0.480 e. The summed E-state index contributed by atoms with van der Waals surface area (Å²) in [6.07, 6.45) is 0.972. The molecule has 0 bridgehead atoms. The number of carbonyl (C=O) groups excluding carboxylic acids is 1. The Morgan fingerprint density at radius 3 is 2.57 bits per heavy atom. The van der Waals surface area contributed by atoms with Crippen molar-refractivity contribution in [1.29, 1.82) is 0 Å². The molecule has 1 unspecified atom stereocenters. The molecule has 0 radical (unpaired) electrons. The van der Waals surface area contributed by atoms with E-state index < -0.39 is 12.0 Å². The lowest BCUT2D eigenvalue weighted by atomic mass is 10.0. The van der Waals surface area contributed by atoms with Crippen LogP contribution in [0.2, 0.25) is 0 Å². The molecule has 116 valence electrons. The number of aryl methyl sites for hydroxylation is 1. The van der Waals surface area contributed by atoms with Gasteiger partial charge < -0.3 is 15.7 Å². The van der Waals surface area contributed by atoms with Gasteiger partial charge >= 0.3 is 5.97 Å². The highest BCUT2D eigenvalue weighted by molar-refractivity contribution is 5.90. The standard InChI is InChI=1S/C16H24N2O3/c1-11(2)15(16(20)21)17-9-5-8-14(19)18-13-7-4-6-12(3)10-13/h4,6-7,10-11,15,17H,5,8-9H2,1-3H3,(H,18,19)(H,20,21). The third-order valence-corrected chi connectivity index (χ3v) is 3.18. The number of aliphatic carboxylic acids is 1. The Morgan fingerprint density at radius 2 is 2.00 bits per heavy atom. The van der Waals surface area contributed by atoms with E-state index in [9.17, 15) is 9.59 Å². The summed E-state index contributed by atoms with van der Waals surface area (Å²) in [4.78, 5) is 22.8. The Bertz CT molecular complexity index is 486. The van der Waals surface area contributed by atoms with Crippen LogP contribution in [-0.4, -0.2) is 29.6 Å². The lowest BCUT2D eigenvalue weighted by molar-refractivity contribution is -0.140. The van der Waals surface area contributed by atoms with Crippen molar-refractivity contribution in [2.24, 2.45) is 5.92 Å². The Kier molecular flexibility index (Phi) is 6.88. The van der Waals surface area contributed by atoms with E-state index in [1.165, 1.54) is 0 Å². The number of amides is 1. The average Bonchev–Trinajstić information content (AvgIpc) is 2.37. The molecule has 5 heteroatoms. The predicted molar refractivity (Wildman–Crippen MR) is 83.3 cm³/mol. The molecule has 1 aromatic rings. The minimum absolute atomic E-state index is 0.0172. The largest absolute Gasteiger partial charge is 0.480 e. The SMILES string of the molecule is Cc1cccc(NC(=O)CCCNC(C(=O)O)C(C)C)c1. The van der Waals surface area contributed by atoms with Gasteiger partial charge in [0, 0.05) is 12.1 Å². The van der Waals surface area contributed by atoms with Crippen molar-refractivity contribution in [1.82, 2.24) is 5.32 Å². The molecule has 1 atom stereocenters. The van der Waals surface area contributed by atoms with Crippen LogP contribution in [0.3, 0.4) is 0 Å². The van der Waals surface area contributed by atoms with E-state index in [1.807, 2.05) is 45.0 Å². The lowest BCUT2D eigenvalue weighted by Gasteiger charge is -2.17. The molecule has 1 rings (SSSR count). The first kappa shape index (κ1) is 17.2. The van der Waals surface area contributed by atoms with Crippen molar-refractivity contribution in [2.45, 2.75) is 39.7 Å². The fraction of sp³-hybridized carbons (Fsp3) is 0.500. The number of rotatable bonds is 8. The minimum atomic E-state index is -0.853. The van der Waals surface area contributed by atoms with Crippen molar-refractivity contribution < 1.29 is 14.7 Å². The van der Waals surface area contributed by atoms with Gasteiger partial charge in [-0.05, 0) is 43.5 Å². The molecular formula is C16H24N2O3. The third kappa shape index (κ3) is 6.40. The van der Waals surface area contributed by atoms with Crippen LogP contribution in [0.15, 0.2) is 24.3 Å². The Hall–Kier alpha value is -1.88. The number of nitrogens with one attached hydrogen (secondary N) is 2. The zero-order chi connectivity index (χ0) is 15.8. The van der Waals surface area contributed by atoms with Crippen molar-refractivity contribution in [3.05, 3.63) is 29.8 Å². The molecule has 0 spiro atoms. The zero-order valence-corrected chi connectivity index (χ0v) is 12.8. The van der Waals surface area contributed by atoms with E-state index in [2.05, 4.69) is 10.6 Å². The van der Waals surface area contributed by atoms with Gasteiger partial charge in [-0.15, -0.1) is 0 Å². The summed E-state index contributed by atoms with van der Waals surface area (Å²) in [5, 5.41) is 14.8. The summed E-state index contributed by atoms with van der Waals surface area (Å²) in [7, 11) is 0. The Morgan fingerprint density at radius 1 is 1.29 bits per heavy atom. The third-order valence-electron chi connectivity index (χ3n) is 3.18. The van der Waals surface area contributed by atoms with Crippen LogP contribution < -0.4 is 10.6 Å². The van der Waals surface area contributed by atoms with E-state index >= 15 is 0 Å². The molecule has 0 aliphatic carbocycles. The summed E-state index contributed by atoms with van der Waals surface area (Å²) in [6, 6.07) is 7.06. The maximum atomic E-state index is 11.8. The first-order valence-corrected chi connectivity index (χ1v) is 7.23. The molecule has 1 amide bonds. The van der Waals surface area contributed by atoms with Gasteiger partial charge in [-0.2, -0.15) is 0 Å². The summed E-state index contributed by atoms with van der Waals surface area (Å²) in [5.74, 6) is -0.892. The lowest BCUT2D eigenvalue weighted by Crippen LogP contribution is -2.41. The monoisotopic (exact) mass is 292 g/mol. The molecule has 5 nitrogen and oxygen atoms in total. The highest BCUT2D eigenvalue weighted by Gasteiger charge is 2.20. The second-order valence-corrected chi connectivity index (χ2v) is 5.54. The summed E-state index contributed by atoms with van der Waals surface area (Å²) in [5.41, 5.74) is 1.88. The highest BCUT2D eigenvalue weighted by Crippen LogP contribution is 2.10. The van der Waals surface area contributed by atoms with E-state index in [0.717, 1.165) is 11.3 Å². The Labute approximate surface area is 125 Å². The highest BCUT2D eigenvalue weighted by atomic mass is 16.4. The topological polar surface area (TPSA) is 78.4 Å². The molecule has 0 aliphatic rings. The normalized spacial score (nSPS) is 12.2. The summed E-state index contributed by atoms with van der Waals surface area (Å²) in [6.45, 7) is 6.19. The fourth-order valence-electron chi connectivity index (χ4n) is 2.06. The number of hydrogen-bond donors (Lipinski definition) is 3. The molecular weight excluding hydrogens is 268 g/mol. The molecule has 1 aromatic carbocycles. The van der Waals surface area contributed by atoms with Crippen LogP contribution in [0.4, 0.5) is 5.69 Å². The quantitative estimate of drug-likeness (QED) is 0.643. The predicted octanol–water partition coefficient (Wildman–Crippen LogP) is 2.41. The maximum Gasteiger partial charge on any atom is 0.320 e. The molecule has 0 heterocycles. The molecule has 0 saturated carbocycles. The number of carboxylic acid groups (broad SMARTS) is 1. The second kappa shape index (κ2) is 8.42. The molecule has 0 fully saturated rings. The van der Waals surface area contributed by atoms with Gasteiger partial charge in [-0.3, -0.25) is 9.59 Å². The van der Waals surface area contributed by atoms with Gasteiger partial charge in [0.15, 0.2) is 0 Å². The number of anilines is 1. The first-order chi connectivity index (χ1) is 9.90. The zero-order valence-electron chi connectivity index (χ0n) is 12.8. The smallest absolute Gasteiger partial charge is 0.320 e. The summed E-state index contributed by atoms with van der Waals surface area (Å²) < 4.78 is 0. The van der Waals surface area contributed by atoms with E-state index in [1.54, 1.807) is 0 Å². The fourth-order valence-corrected chi connectivity index (χ4v) is 2.06. The van der Waals surface area contributed by atoms with Gasteiger partial charge in [-0.25, -0.2) is 0 Å². The van der Waals surface area contributed by atoms with E-state index in [-0.39, 0.29) is 11.8 Å². The number of carbonyl (C=O) groups is 2. The van der Waals surface area contributed by atoms with Gasteiger partial charge in [0.1, 0.15) is 6.04 Å². The van der Waals surface area contributed by atoms with Crippen LogP contribution in [0.1, 0.15) is 32.3 Å². The van der Waals surface area contributed by atoms with Gasteiger partial charge in [-0.1, -0.05) is 26.0 Å². The van der Waals surface area contributed by atoms with Crippen molar-refractivity contribution in [2.75, 3.05) is 11.9 Å². The van der Waals surface area contributed by atoms with Crippen LogP contribution in [0.25, 0.3) is 0 Å². The Balaban J connectivity index is 2.29. The van der Waals surface area contributed by atoms with Gasteiger partial charge in [0.2, 0.25) is 5.91 Å². The van der Waals surface area contributed by atoms with Crippen molar-refractivity contribution in [3.8, 4) is 0 Å². The molecule has 0 aliphatic heterocycles. The van der Waals surface area contributed by atoms with Crippen LogP contribution in [0, 0.1) is 12.8 Å². The molecule has 3 N–H and O–H groups in total. The van der Waals surface area contributed by atoms with Gasteiger partial charge in [0.25, 0.3) is 0 Å². The first-order valence-electron chi connectivity index (χ1n) is 7.23. The average molecular weight is 292 g/mol. The van der Waals surface area contributed by atoms with Crippen LogP contribution in [0.5, 0.6) is 0 Å². The second-order valence-electron chi connectivity index (χ2n) is 5.54. The van der Waals surface area contributed by atoms with Gasteiger partial charge in [0.05, 0.1) is 0 Å². The molecule has 0 aromatic heterocycles.